The van der Waals surface area contributed by atoms with Gasteiger partial charge in [0.2, 0.25) is 5.89 Å². The summed E-state index contributed by atoms with van der Waals surface area (Å²) < 4.78 is 12.7. The number of oxazole rings is 1. The fraction of sp³-hybridized carbons (Fsp3) is 0. The molecule has 7 rings (SSSR count). The highest BCUT2D eigenvalue weighted by Gasteiger charge is 2.23. The summed E-state index contributed by atoms with van der Waals surface area (Å²) in [5.41, 5.74) is 7.15. The van der Waals surface area contributed by atoms with Crippen LogP contribution >= 0.6 is 0 Å². The van der Waals surface area contributed by atoms with Crippen molar-refractivity contribution < 1.29 is 8.83 Å². The first kappa shape index (κ1) is 22.1. The number of hydrogen-bond donors (Lipinski definition) is 0. The van der Waals surface area contributed by atoms with E-state index in [9.17, 15) is 0 Å². The summed E-state index contributed by atoms with van der Waals surface area (Å²) in [6, 6.07) is 45.6. The molecule has 0 bridgehead atoms. The van der Waals surface area contributed by atoms with Gasteiger partial charge in [0.15, 0.2) is 5.76 Å². The molecule has 38 heavy (non-hydrogen) atoms. The van der Waals surface area contributed by atoms with Gasteiger partial charge in [-0.1, -0.05) is 121 Å². The molecule has 0 saturated carbocycles. The normalized spacial score (nSPS) is 11.2. The Hall–Kier alpha value is -5.15. The predicted octanol–water partition coefficient (Wildman–Crippen LogP) is 9.76. The first-order valence-corrected chi connectivity index (χ1v) is 12.6. The third-order valence-corrected chi connectivity index (χ3v) is 6.84. The average molecular weight is 490 g/mol. The molecule has 0 atom stereocenters. The summed E-state index contributed by atoms with van der Waals surface area (Å²) in [4.78, 5) is 4.81. The number of aromatic nitrogens is 1. The molecule has 0 spiro atoms. The molecule has 0 aliphatic heterocycles. The van der Waals surface area contributed by atoms with Gasteiger partial charge in [-0.15, -0.1) is 0 Å². The number of benzene rings is 5. The number of furan rings is 1. The predicted molar refractivity (Wildman–Crippen MR) is 153 cm³/mol. The smallest absolute Gasteiger partial charge is 0.226 e. The van der Waals surface area contributed by atoms with Crippen molar-refractivity contribution in [1.82, 2.24) is 4.98 Å². The molecule has 180 valence electrons. The minimum absolute atomic E-state index is 0.567. The van der Waals surface area contributed by atoms with E-state index in [4.69, 9.17) is 13.8 Å². The Bertz CT molecular complexity index is 1790. The van der Waals surface area contributed by atoms with Crippen molar-refractivity contribution in [2.45, 2.75) is 0 Å². The monoisotopic (exact) mass is 489 g/mol. The highest BCUT2D eigenvalue weighted by molar-refractivity contribution is 6.07. The lowest BCUT2D eigenvalue weighted by atomic mass is 9.89. The molecule has 0 aliphatic rings. The second kappa shape index (κ2) is 9.38. The van der Waals surface area contributed by atoms with Crippen LogP contribution in [0.15, 0.2) is 149 Å². The topological polar surface area (TPSA) is 39.2 Å². The van der Waals surface area contributed by atoms with Gasteiger partial charge >= 0.3 is 0 Å². The van der Waals surface area contributed by atoms with Gasteiger partial charge < -0.3 is 8.83 Å². The molecule has 2 aromatic heterocycles. The Morgan fingerprint density at radius 3 is 1.53 bits per heavy atom. The van der Waals surface area contributed by atoms with Gasteiger partial charge in [-0.05, 0) is 34.4 Å². The van der Waals surface area contributed by atoms with E-state index in [1.54, 1.807) is 6.26 Å². The quantitative estimate of drug-likeness (QED) is 0.241. The fourth-order valence-electron chi connectivity index (χ4n) is 5.07. The summed E-state index contributed by atoms with van der Waals surface area (Å²) in [6.45, 7) is 0. The van der Waals surface area contributed by atoms with E-state index in [0.717, 1.165) is 49.9 Å². The van der Waals surface area contributed by atoms with Crippen LogP contribution in [0.1, 0.15) is 0 Å². The van der Waals surface area contributed by atoms with Crippen LogP contribution in [0.2, 0.25) is 0 Å². The lowest BCUT2D eigenvalue weighted by molar-refractivity contribution is 0.572. The van der Waals surface area contributed by atoms with E-state index >= 15 is 0 Å². The SMILES string of the molecule is c1ccc(-c2nc(-c3oc(-c4c(-c5ccccc5)cccc4-c4ccccc4)c4ccccc34)co2)cc1. The summed E-state index contributed by atoms with van der Waals surface area (Å²) in [5, 5.41) is 2.03. The van der Waals surface area contributed by atoms with Crippen molar-refractivity contribution in [3.05, 3.63) is 140 Å². The van der Waals surface area contributed by atoms with Gasteiger partial charge in [0.05, 0.1) is 0 Å². The molecule has 3 nitrogen and oxygen atoms in total. The molecule has 3 heteroatoms. The van der Waals surface area contributed by atoms with Crippen molar-refractivity contribution in [3.8, 4) is 56.5 Å². The Morgan fingerprint density at radius 2 is 0.947 bits per heavy atom. The van der Waals surface area contributed by atoms with Gasteiger partial charge in [-0.25, -0.2) is 4.98 Å². The molecule has 0 radical (unpaired) electrons. The van der Waals surface area contributed by atoms with Crippen LogP contribution in [-0.4, -0.2) is 4.98 Å². The van der Waals surface area contributed by atoms with Crippen LogP contribution in [0.4, 0.5) is 0 Å². The minimum Gasteiger partial charge on any atom is -0.453 e. The average Bonchev–Trinajstić information content (AvgIpc) is 3.64. The number of rotatable bonds is 5. The standard InChI is InChI=1S/C35H23NO2/c1-4-13-24(14-5-1)27-21-12-22-28(25-15-6-2-7-16-25)32(27)34-30-20-11-10-19-29(30)33(38-34)31-23-37-35(36-31)26-17-8-3-9-18-26/h1-23H. The maximum absolute atomic E-state index is 6.79. The van der Waals surface area contributed by atoms with Crippen LogP contribution in [0, 0.1) is 0 Å². The molecule has 2 heterocycles. The molecule has 0 aliphatic carbocycles. The van der Waals surface area contributed by atoms with Crippen LogP contribution in [-0.2, 0) is 0 Å². The van der Waals surface area contributed by atoms with E-state index < -0.39 is 0 Å². The highest BCUT2D eigenvalue weighted by Crippen LogP contribution is 2.46. The van der Waals surface area contributed by atoms with Crippen LogP contribution in [0.5, 0.6) is 0 Å². The first-order valence-electron chi connectivity index (χ1n) is 12.6. The third kappa shape index (κ3) is 3.82. The molecular formula is C35H23NO2. The van der Waals surface area contributed by atoms with Gasteiger partial charge in [-0.2, -0.15) is 0 Å². The lowest BCUT2D eigenvalue weighted by Crippen LogP contribution is -1.89. The molecule has 0 unspecified atom stereocenters. The second-order valence-corrected chi connectivity index (χ2v) is 9.17. The van der Waals surface area contributed by atoms with Crippen molar-refractivity contribution in [2.75, 3.05) is 0 Å². The van der Waals surface area contributed by atoms with E-state index in [0.29, 0.717) is 17.3 Å². The fourth-order valence-corrected chi connectivity index (χ4v) is 5.07. The van der Waals surface area contributed by atoms with Crippen molar-refractivity contribution >= 4 is 10.8 Å². The Balaban J connectivity index is 1.49. The van der Waals surface area contributed by atoms with Gasteiger partial charge in [0, 0.05) is 21.9 Å². The molecular weight excluding hydrogens is 466 g/mol. The Labute approximate surface area is 220 Å². The Kier molecular flexibility index (Phi) is 5.45. The van der Waals surface area contributed by atoms with Crippen LogP contribution < -0.4 is 0 Å². The number of nitrogens with zero attached hydrogens (tertiary/aromatic N) is 1. The molecule has 5 aromatic carbocycles. The van der Waals surface area contributed by atoms with Gasteiger partial charge in [-0.3, -0.25) is 0 Å². The zero-order valence-electron chi connectivity index (χ0n) is 20.5. The Morgan fingerprint density at radius 1 is 0.447 bits per heavy atom. The summed E-state index contributed by atoms with van der Waals surface area (Å²) in [6.07, 6.45) is 1.68. The lowest BCUT2D eigenvalue weighted by Gasteiger charge is -2.14. The second-order valence-electron chi connectivity index (χ2n) is 9.17. The highest BCUT2D eigenvalue weighted by atomic mass is 16.4. The molecule has 0 N–H and O–H groups in total. The summed E-state index contributed by atoms with van der Waals surface area (Å²) in [5.74, 6) is 2.08. The van der Waals surface area contributed by atoms with E-state index in [2.05, 4.69) is 84.9 Å². The van der Waals surface area contributed by atoms with Crippen LogP contribution in [0.3, 0.4) is 0 Å². The zero-order chi connectivity index (χ0) is 25.3. The van der Waals surface area contributed by atoms with E-state index in [-0.39, 0.29) is 0 Å². The van der Waals surface area contributed by atoms with E-state index in [1.165, 1.54) is 0 Å². The van der Waals surface area contributed by atoms with Gasteiger partial charge in [0.25, 0.3) is 0 Å². The maximum atomic E-state index is 6.79. The number of hydrogen-bond acceptors (Lipinski definition) is 3. The third-order valence-electron chi connectivity index (χ3n) is 6.84. The summed E-state index contributed by atoms with van der Waals surface area (Å²) in [7, 11) is 0. The zero-order valence-corrected chi connectivity index (χ0v) is 20.5. The molecule has 0 saturated heterocycles. The molecule has 0 fully saturated rings. The van der Waals surface area contributed by atoms with Crippen molar-refractivity contribution in [1.29, 1.82) is 0 Å². The number of fused-ring (bicyclic) bond motifs is 1. The van der Waals surface area contributed by atoms with E-state index in [1.807, 2.05) is 48.5 Å². The van der Waals surface area contributed by atoms with Gasteiger partial charge in [0.1, 0.15) is 17.7 Å². The molecule has 7 aromatic rings. The molecule has 0 amide bonds. The maximum Gasteiger partial charge on any atom is 0.226 e. The minimum atomic E-state index is 0.567. The van der Waals surface area contributed by atoms with Crippen LogP contribution in [0.25, 0.3) is 67.3 Å². The van der Waals surface area contributed by atoms with Crippen molar-refractivity contribution in [2.24, 2.45) is 0 Å². The van der Waals surface area contributed by atoms with Crippen molar-refractivity contribution in [3.63, 3.8) is 0 Å². The largest absolute Gasteiger partial charge is 0.453 e. The first-order chi connectivity index (χ1) is 18.9. The summed E-state index contributed by atoms with van der Waals surface area (Å²) >= 11 is 0.